The van der Waals surface area contributed by atoms with E-state index in [2.05, 4.69) is 10.4 Å². The Bertz CT molecular complexity index is 351. The predicted molar refractivity (Wildman–Crippen MR) is 43.9 cm³/mol. The second-order valence-electron chi connectivity index (χ2n) is 2.24. The van der Waals surface area contributed by atoms with E-state index in [1.165, 1.54) is 12.1 Å². The van der Waals surface area contributed by atoms with Gasteiger partial charge in [-0.15, -0.1) is 0 Å². The predicted octanol–water partition coefficient (Wildman–Crippen LogP) is 1.66. The average Bonchev–Trinajstić information content (AvgIpc) is 2.09. The maximum absolute atomic E-state index is 10.6. The van der Waals surface area contributed by atoms with E-state index in [1.54, 1.807) is 0 Å². The molecule has 0 radical (unpaired) electrons. The average molecular weight is 181 g/mol. The summed E-state index contributed by atoms with van der Waals surface area (Å²) in [5, 5.41) is 22.8. The molecule has 68 valence electrons. The van der Waals surface area contributed by atoms with Crippen molar-refractivity contribution in [1.29, 1.82) is 5.53 Å². The van der Waals surface area contributed by atoms with Gasteiger partial charge in [0.25, 0.3) is 0 Å². The van der Waals surface area contributed by atoms with Gasteiger partial charge in [0, 0.05) is 6.07 Å². The zero-order valence-corrected chi connectivity index (χ0v) is 6.48. The van der Waals surface area contributed by atoms with Crippen molar-refractivity contribution in [2.45, 2.75) is 0 Å². The molecule has 0 atom stereocenters. The van der Waals surface area contributed by atoms with Gasteiger partial charge >= 0.3 is 6.03 Å². The van der Waals surface area contributed by atoms with Gasteiger partial charge in [-0.2, -0.15) is 5.53 Å². The van der Waals surface area contributed by atoms with E-state index in [-0.39, 0.29) is 17.2 Å². The van der Waals surface area contributed by atoms with Crippen LogP contribution < -0.4 is 5.32 Å². The maximum atomic E-state index is 10.6. The van der Waals surface area contributed by atoms with E-state index in [9.17, 15) is 4.79 Å². The van der Waals surface area contributed by atoms with Crippen LogP contribution in [-0.4, -0.2) is 16.2 Å². The first-order valence-electron chi connectivity index (χ1n) is 3.34. The first-order chi connectivity index (χ1) is 6.13. The van der Waals surface area contributed by atoms with E-state index in [0.29, 0.717) is 0 Å². The number of hydrogen-bond acceptors (Lipinski definition) is 4. The van der Waals surface area contributed by atoms with Crippen molar-refractivity contribution in [2.75, 3.05) is 5.32 Å². The normalized spacial score (nSPS) is 9.23. The molecule has 0 saturated heterocycles. The number of rotatable bonds is 1. The van der Waals surface area contributed by atoms with Crippen LogP contribution in [0.2, 0.25) is 0 Å². The molecule has 0 saturated carbocycles. The Labute approximate surface area is 73.3 Å². The third-order valence-corrected chi connectivity index (χ3v) is 1.32. The molecule has 0 heterocycles. The molecule has 0 aliphatic carbocycles. The summed E-state index contributed by atoms with van der Waals surface area (Å²) >= 11 is 0. The fourth-order valence-corrected chi connectivity index (χ4v) is 0.769. The van der Waals surface area contributed by atoms with Crippen molar-refractivity contribution in [3.63, 3.8) is 0 Å². The minimum absolute atomic E-state index is 0.0961. The van der Waals surface area contributed by atoms with Gasteiger partial charge in [-0.3, -0.25) is 0 Å². The number of amides is 2. The summed E-state index contributed by atoms with van der Waals surface area (Å²) < 4.78 is 0. The Kier molecular flexibility index (Phi) is 2.44. The molecule has 4 N–H and O–H groups in total. The Morgan fingerprint density at radius 1 is 1.46 bits per heavy atom. The number of anilines is 1. The zero-order chi connectivity index (χ0) is 9.84. The maximum Gasteiger partial charge on any atom is 0.363 e. The third-order valence-electron chi connectivity index (χ3n) is 1.32. The quantitative estimate of drug-likeness (QED) is 0.300. The van der Waals surface area contributed by atoms with Gasteiger partial charge in [0.2, 0.25) is 0 Å². The highest BCUT2D eigenvalue weighted by atomic mass is 16.3. The van der Waals surface area contributed by atoms with Gasteiger partial charge < -0.3 is 15.5 Å². The first-order valence-corrected chi connectivity index (χ1v) is 3.34. The number of aromatic hydroxyl groups is 2. The van der Waals surface area contributed by atoms with Crippen LogP contribution in [0.25, 0.3) is 0 Å². The lowest BCUT2D eigenvalue weighted by atomic mass is 10.3. The SMILES string of the molecule is N=NC(=O)Nc1ccc(O)cc1O. The van der Waals surface area contributed by atoms with Crippen LogP contribution in [0.5, 0.6) is 11.5 Å². The minimum Gasteiger partial charge on any atom is -0.508 e. The van der Waals surface area contributed by atoms with Crippen LogP contribution in [0.1, 0.15) is 0 Å². The fourth-order valence-electron chi connectivity index (χ4n) is 0.769. The summed E-state index contributed by atoms with van der Waals surface area (Å²) in [7, 11) is 0. The Morgan fingerprint density at radius 3 is 2.69 bits per heavy atom. The molecule has 6 heteroatoms. The van der Waals surface area contributed by atoms with E-state index < -0.39 is 6.03 Å². The van der Waals surface area contributed by atoms with Crippen LogP contribution in [0, 0.1) is 5.53 Å². The molecule has 1 aromatic rings. The van der Waals surface area contributed by atoms with E-state index in [1.807, 2.05) is 0 Å². The zero-order valence-electron chi connectivity index (χ0n) is 6.48. The number of hydrogen-bond donors (Lipinski definition) is 4. The van der Waals surface area contributed by atoms with Gasteiger partial charge in [-0.25, -0.2) is 4.79 Å². The Morgan fingerprint density at radius 2 is 2.15 bits per heavy atom. The molecular weight excluding hydrogens is 174 g/mol. The van der Waals surface area contributed by atoms with Gasteiger partial charge in [0.05, 0.1) is 5.69 Å². The molecule has 0 spiro atoms. The number of nitrogens with one attached hydrogen (secondary N) is 2. The molecule has 1 rings (SSSR count). The highest BCUT2D eigenvalue weighted by Crippen LogP contribution is 2.27. The molecule has 1 aromatic carbocycles. The molecule has 0 aliphatic heterocycles. The number of benzene rings is 1. The standard InChI is InChI=1S/C7H7N3O3/c8-10-7(13)9-5-2-1-4(11)3-6(5)12/h1-3,8,11-12H,(H,9,13). The minimum atomic E-state index is -0.888. The number of carbonyl (C=O) groups excluding carboxylic acids is 1. The summed E-state index contributed by atoms with van der Waals surface area (Å²) in [6.45, 7) is 0. The van der Waals surface area contributed by atoms with Crippen LogP contribution in [0.4, 0.5) is 10.5 Å². The summed E-state index contributed by atoms with van der Waals surface area (Å²) in [4.78, 5) is 10.6. The molecule has 6 nitrogen and oxygen atoms in total. The van der Waals surface area contributed by atoms with Crippen molar-refractivity contribution < 1.29 is 15.0 Å². The largest absolute Gasteiger partial charge is 0.508 e. The molecule has 2 amide bonds. The van der Waals surface area contributed by atoms with E-state index >= 15 is 0 Å². The highest BCUT2D eigenvalue weighted by molar-refractivity contribution is 5.90. The van der Waals surface area contributed by atoms with Crippen LogP contribution in [0.15, 0.2) is 23.3 Å². The summed E-state index contributed by atoms with van der Waals surface area (Å²) in [5.74, 6) is -0.393. The second-order valence-corrected chi connectivity index (χ2v) is 2.24. The molecule has 0 unspecified atom stereocenters. The molecule has 0 fully saturated rings. The lowest BCUT2D eigenvalue weighted by Crippen LogP contribution is -2.04. The van der Waals surface area contributed by atoms with Gasteiger partial charge in [0.1, 0.15) is 11.5 Å². The Hall–Kier alpha value is -2.11. The lowest BCUT2D eigenvalue weighted by molar-refractivity contribution is 0.257. The van der Waals surface area contributed by atoms with Gasteiger partial charge in [-0.1, -0.05) is 5.11 Å². The lowest BCUT2D eigenvalue weighted by Gasteiger charge is -2.03. The number of phenols is 2. The number of carbonyl (C=O) groups is 1. The number of nitrogens with zero attached hydrogens (tertiary/aromatic N) is 1. The molecule has 13 heavy (non-hydrogen) atoms. The number of phenolic OH excluding ortho intramolecular Hbond substituents is 2. The van der Waals surface area contributed by atoms with E-state index in [0.717, 1.165) is 6.07 Å². The van der Waals surface area contributed by atoms with Gasteiger partial charge in [0.15, 0.2) is 0 Å². The van der Waals surface area contributed by atoms with Crippen molar-refractivity contribution in [2.24, 2.45) is 5.11 Å². The smallest absolute Gasteiger partial charge is 0.363 e. The highest BCUT2D eigenvalue weighted by Gasteiger charge is 2.04. The Balaban J connectivity index is 2.89. The first kappa shape index (κ1) is 8.98. The van der Waals surface area contributed by atoms with Crippen molar-refractivity contribution in [3.05, 3.63) is 18.2 Å². The topological polar surface area (TPSA) is 106 Å². The van der Waals surface area contributed by atoms with Crippen molar-refractivity contribution in [1.82, 2.24) is 0 Å². The summed E-state index contributed by atoms with van der Waals surface area (Å²) in [6.07, 6.45) is 0. The summed E-state index contributed by atoms with van der Waals surface area (Å²) in [6, 6.07) is 2.77. The molecule has 0 bridgehead atoms. The number of urea groups is 1. The van der Waals surface area contributed by atoms with Crippen LogP contribution in [0.3, 0.4) is 0 Å². The molecule has 0 aromatic heterocycles. The fraction of sp³-hybridized carbons (Fsp3) is 0. The van der Waals surface area contributed by atoms with Crippen LogP contribution in [-0.2, 0) is 0 Å². The van der Waals surface area contributed by atoms with E-state index in [4.69, 9.17) is 15.7 Å². The van der Waals surface area contributed by atoms with Crippen LogP contribution >= 0.6 is 0 Å². The molecular formula is C7H7N3O3. The van der Waals surface area contributed by atoms with Gasteiger partial charge in [-0.05, 0) is 12.1 Å². The monoisotopic (exact) mass is 181 g/mol. The van der Waals surface area contributed by atoms with Crippen molar-refractivity contribution >= 4 is 11.7 Å². The molecule has 0 aliphatic rings. The van der Waals surface area contributed by atoms with Crippen molar-refractivity contribution in [3.8, 4) is 11.5 Å². The summed E-state index contributed by atoms with van der Waals surface area (Å²) in [5.41, 5.74) is 6.45. The third kappa shape index (κ3) is 2.16. The second kappa shape index (κ2) is 3.53.